The molecule has 0 radical (unpaired) electrons. The lowest BCUT2D eigenvalue weighted by Gasteiger charge is -2.13. The lowest BCUT2D eigenvalue weighted by molar-refractivity contribution is 0.173. The standard InChI is InChI=1S/C11H15IN2O2/c1-8(7-16-2)13-11(15)14-10-5-3-4-9(12)6-10/h3-6,8H,7H2,1-2H3,(H2,13,14,15). The maximum atomic E-state index is 11.5. The monoisotopic (exact) mass is 334 g/mol. The molecular weight excluding hydrogens is 319 g/mol. The van der Waals surface area contributed by atoms with Gasteiger partial charge >= 0.3 is 6.03 Å². The van der Waals surface area contributed by atoms with Crippen LogP contribution in [0.15, 0.2) is 24.3 Å². The summed E-state index contributed by atoms with van der Waals surface area (Å²) in [5.41, 5.74) is 0.786. The second-order valence-electron chi connectivity index (χ2n) is 3.47. The Bertz CT molecular complexity index is 358. The van der Waals surface area contributed by atoms with Crippen molar-refractivity contribution in [1.29, 1.82) is 0 Å². The van der Waals surface area contributed by atoms with Crippen LogP contribution in [0.4, 0.5) is 10.5 Å². The van der Waals surface area contributed by atoms with E-state index < -0.39 is 0 Å². The number of hydrogen-bond acceptors (Lipinski definition) is 2. The number of nitrogens with one attached hydrogen (secondary N) is 2. The zero-order chi connectivity index (χ0) is 12.0. The third-order valence-electron chi connectivity index (χ3n) is 1.88. The van der Waals surface area contributed by atoms with Crippen LogP contribution < -0.4 is 10.6 Å². The minimum absolute atomic E-state index is 0.00668. The van der Waals surface area contributed by atoms with Gasteiger partial charge in [-0.2, -0.15) is 0 Å². The van der Waals surface area contributed by atoms with Crippen molar-refractivity contribution in [3.05, 3.63) is 27.8 Å². The van der Waals surface area contributed by atoms with E-state index in [1.165, 1.54) is 0 Å². The molecule has 1 aromatic carbocycles. The molecule has 2 N–H and O–H groups in total. The van der Waals surface area contributed by atoms with Crippen molar-refractivity contribution in [1.82, 2.24) is 5.32 Å². The molecule has 0 bridgehead atoms. The molecule has 5 heteroatoms. The van der Waals surface area contributed by atoms with E-state index in [0.29, 0.717) is 6.61 Å². The number of rotatable bonds is 4. The molecule has 16 heavy (non-hydrogen) atoms. The third kappa shape index (κ3) is 4.80. The number of anilines is 1. The fraction of sp³-hybridized carbons (Fsp3) is 0.364. The Morgan fingerprint density at radius 2 is 2.31 bits per heavy atom. The van der Waals surface area contributed by atoms with Gasteiger partial charge in [0.05, 0.1) is 12.6 Å². The number of benzene rings is 1. The lowest BCUT2D eigenvalue weighted by atomic mass is 10.3. The Hall–Kier alpha value is -0.820. The normalized spacial score (nSPS) is 11.9. The predicted octanol–water partition coefficient (Wildman–Crippen LogP) is 2.45. The molecule has 1 atom stereocenters. The highest BCUT2D eigenvalue weighted by molar-refractivity contribution is 14.1. The molecule has 88 valence electrons. The molecule has 0 aliphatic carbocycles. The van der Waals surface area contributed by atoms with Gasteiger partial charge in [0.15, 0.2) is 0 Å². The highest BCUT2D eigenvalue weighted by atomic mass is 127. The van der Waals surface area contributed by atoms with Crippen LogP contribution in [0, 0.1) is 3.57 Å². The zero-order valence-electron chi connectivity index (χ0n) is 9.29. The van der Waals surface area contributed by atoms with Gasteiger partial charge in [0.2, 0.25) is 0 Å². The molecule has 1 aromatic rings. The van der Waals surface area contributed by atoms with E-state index in [1.807, 2.05) is 31.2 Å². The van der Waals surface area contributed by atoms with E-state index in [-0.39, 0.29) is 12.1 Å². The number of amides is 2. The number of carbonyl (C=O) groups is 1. The molecule has 0 aliphatic rings. The minimum atomic E-state index is -0.216. The molecule has 0 saturated carbocycles. The molecule has 2 amide bonds. The zero-order valence-corrected chi connectivity index (χ0v) is 11.4. The molecule has 0 saturated heterocycles. The Morgan fingerprint density at radius 1 is 1.56 bits per heavy atom. The van der Waals surface area contributed by atoms with Crippen LogP contribution in [-0.4, -0.2) is 25.8 Å². The van der Waals surface area contributed by atoms with Crippen molar-refractivity contribution in [3.63, 3.8) is 0 Å². The number of carbonyl (C=O) groups excluding carboxylic acids is 1. The molecule has 0 aliphatic heterocycles. The van der Waals surface area contributed by atoms with Crippen LogP contribution in [0.5, 0.6) is 0 Å². The van der Waals surface area contributed by atoms with Crippen molar-refractivity contribution in [2.75, 3.05) is 19.0 Å². The summed E-state index contributed by atoms with van der Waals surface area (Å²) in [4.78, 5) is 11.5. The van der Waals surface area contributed by atoms with Crippen molar-refractivity contribution in [3.8, 4) is 0 Å². The fourth-order valence-corrected chi connectivity index (χ4v) is 1.79. The number of halogens is 1. The number of urea groups is 1. The van der Waals surface area contributed by atoms with E-state index in [9.17, 15) is 4.79 Å². The molecule has 0 spiro atoms. The first-order valence-electron chi connectivity index (χ1n) is 4.94. The summed E-state index contributed by atoms with van der Waals surface area (Å²) in [5, 5.41) is 5.53. The van der Waals surface area contributed by atoms with Crippen molar-refractivity contribution >= 4 is 34.3 Å². The maximum absolute atomic E-state index is 11.5. The average Bonchev–Trinajstić information content (AvgIpc) is 2.17. The van der Waals surface area contributed by atoms with Gasteiger partial charge in [-0.15, -0.1) is 0 Å². The van der Waals surface area contributed by atoms with Gasteiger partial charge in [-0.3, -0.25) is 0 Å². The summed E-state index contributed by atoms with van der Waals surface area (Å²) in [7, 11) is 1.61. The second kappa shape index (κ2) is 6.70. The van der Waals surface area contributed by atoms with Crippen molar-refractivity contribution < 1.29 is 9.53 Å². The quantitative estimate of drug-likeness (QED) is 0.831. The van der Waals surface area contributed by atoms with Crippen molar-refractivity contribution in [2.24, 2.45) is 0 Å². The lowest BCUT2D eigenvalue weighted by Crippen LogP contribution is -2.38. The fourth-order valence-electron chi connectivity index (χ4n) is 1.25. The van der Waals surface area contributed by atoms with E-state index in [2.05, 4.69) is 33.2 Å². The molecule has 1 unspecified atom stereocenters. The summed E-state index contributed by atoms with van der Waals surface area (Å²) in [5.74, 6) is 0. The Morgan fingerprint density at radius 3 is 2.94 bits per heavy atom. The predicted molar refractivity (Wildman–Crippen MR) is 72.7 cm³/mol. The van der Waals surface area contributed by atoms with Crippen LogP contribution in [0.25, 0.3) is 0 Å². The topological polar surface area (TPSA) is 50.4 Å². The first-order chi connectivity index (χ1) is 7.61. The molecule has 4 nitrogen and oxygen atoms in total. The largest absolute Gasteiger partial charge is 0.383 e. The van der Waals surface area contributed by atoms with E-state index >= 15 is 0 Å². The molecule has 0 aromatic heterocycles. The van der Waals surface area contributed by atoms with Gasteiger partial charge in [-0.25, -0.2) is 4.79 Å². The summed E-state index contributed by atoms with van der Waals surface area (Å²) < 4.78 is 6.01. The van der Waals surface area contributed by atoms with E-state index in [0.717, 1.165) is 9.26 Å². The first-order valence-corrected chi connectivity index (χ1v) is 6.01. The summed E-state index contributed by atoms with van der Waals surface area (Å²) in [6.45, 7) is 2.39. The van der Waals surface area contributed by atoms with Gasteiger partial charge in [0.25, 0.3) is 0 Å². The van der Waals surface area contributed by atoms with Gasteiger partial charge in [0.1, 0.15) is 0 Å². The van der Waals surface area contributed by atoms with Crippen LogP contribution in [0.2, 0.25) is 0 Å². The maximum Gasteiger partial charge on any atom is 0.319 e. The SMILES string of the molecule is COCC(C)NC(=O)Nc1cccc(I)c1. The highest BCUT2D eigenvalue weighted by Crippen LogP contribution is 2.11. The molecule has 0 fully saturated rings. The first kappa shape index (κ1) is 13.2. The summed E-state index contributed by atoms with van der Waals surface area (Å²) in [6.07, 6.45) is 0. The van der Waals surface area contributed by atoms with Crippen LogP contribution in [0.3, 0.4) is 0 Å². The number of hydrogen-bond donors (Lipinski definition) is 2. The molecule has 1 rings (SSSR count). The highest BCUT2D eigenvalue weighted by Gasteiger charge is 2.06. The molecule has 0 heterocycles. The Labute approximate surface area is 109 Å². The van der Waals surface area contributed by atoms with E-state index in [1.54, 1.807) is 7.11 Å². The van der Waals surface area contributed by atoms with Gasteiger partial charge < -0.3 is 15.4 Å². The van der Waals surface area contributed by atoms with Crippen LogP contribution in [-0.2, 0) is 4.74 Å². The smallest absolute Gasteiger partial charge is 0.319 e. The number of ether oxygens (including phenoxy) is 1. The third-order valence-corrected chi connectivity index (χ3v) is 2.55. The summed E-state index contributed by atoms with van der Waals surface area (Å²) >= 11 is 2.20. The average molecular weight is 334 g/mol. The van der Waals surface area contributed by atoms with Gasteiger partial charge in [0, 0.05) is 16.4 Å². The van der Waals surface area contributed by atoms with Gasteiger partial charge in [-0.1, -0.05) is 6.07 Å². The van der Waals surface area contributed by atoms with Crippen LogP contribution >= 0.6 is 22.6 Å². The number of methoxy groups -OCH3 is 1. The second-order valence-corrected chi connectivity index (χ2v) is 4.71. The Balaban J connectivity index is 2.45. The van der Waals surface area contributed by atoms with Gasteiger partial charge in [-0.05, 0) is 47.7 Å². The van der Waals surface area contributed by atoms with Crippen LogP contribution in [0.1, 0.15) is 6.92 Å². The van der Waals surface area contributed by atoms with E-state index in [4.69, 9.17) is 4.74 Å². The molecular formula is C11H15IN2O2. The summed E-state index contributed by atoms with van der Waals surface area (Å²) in [6, 6.07) is 7.40. The minimum Gasteiger partial charge on any atom is -0.383 e. The van der Waals surface area contributed by atoms with Crippen molar-refractivity contribution in [2.45, 2.75) is 13.0 Å². The Kier molecular flexibility index (Phi) is 5.54.